The molecule has 304 valence electrons. The number of aliphatic hydroxyl groups excluding tert-OH is 1. The summed E-state index contributed by atoms with van der Waals surface area (Å²) < 4.78 is 47.2. The number of hydrogen-bond acceptors (Lipinski definition) is 10. The average molecular weight is 801 g/mol. The molecule has 2 aliphatic rings. The van der Waals surface area contributed by atoms with Gasteiger partial charge in [0.25, 0.3) is 5.69 Å². The van der Waals surface area contributed by atoms with Crippen LogP contribution in [0.15, 0.2) is 120 Å². The molecule has 0 saturated carbocycles. The van der Waals surface area contributed by atoms with Crippen LogP contribution in [0, 0.1) is 21.4 Å². The maximum atomic E-state index is 14.5. The van der Waals surface area contributed by atoms with Gasteiger partial charge in [0.2, 0.25) is 10.0 Å². The summed E-state index contributed by atoms with van der Waals surface area (Å²) in [5.74, 6) is -0.0950. The first-order valence-electron chi connectivity index (χ1n) is 19.3. The lowest BCUT2D eigenvalue weighted by atomic mass is 9.88. The van der Waals surface area contributed by atoms with Crippen molar-refractivity contribution in [1.29, 1.82) is 0 Å². The number of carbonyl (C=O) groups excluding carboxylic acids is 1. The highest BCUT2D eigenvalue weighted by molar-refractivity contribution is 7.89. The van der Waals surface area contributed by atoms with Crippen LogP contribution in [0.2, 0.25) is 0 Å². The number of nitrogens with zero attached hydrogens (tertiary/aromatic N) is 3. The molecule has 57 heavy (non-hydrogen) atoms. The van der Waals surface area contributed by atoms with E-state index in [1.54, 1.807) is 0 Å². The first-order valence-corrected chi connectivity index (χ1v) is 20.8. The number of fused-ring (bicyclic) bond motifs is 1. The number of alkyl carbamates (subject to hydrolysis) is 1. The van der Waals surface area contributed by atoms with E-state index >= 15 is 0 Å². The molecule has 5 atom stereocenters. The highest BCUT2D eigenvalue weighted by atomic mass is 32.2. The summed E-state index contributed by atoms with van der Waals surface area (Å²) in [5, 5.41) is 26.5. The van der Waals surface area contributed by atoms with Gasteiger partial charge in [0.15, 0.2) is 6.29 Å². The quantitative estimate of drug-likeness (QED) is 0.0830. The smallest absolute Gasteiger partial charge is 0.407 e. The van der Waals surface area contributed by atoms with Crippen molar-refractivity contribution in [3.05, 3.63) is 142 Å². The van der Waals surface area contributed by atoms with Gasteiger partial charge in [-0.15, -0.1) is 0 Å². The van der Waals surface area contributed by atoms with Crippen molar-refractivity contribution in [3.63, 3.8) is 0 Å². The van der Waals surface area contributed by atoms with Crippen LogP contribution in [0.1, 0.15) is 43.4 Å². The Morgan fingerprint density at radius 1 is 0.930 bits per heavy atom. The fourth-order valence-corrected chi connectivity index (χ4v) is 9.11. The van der Waals surface area contributed by atoms with Gasteiger partial charge in [-0.3, -0.25) is 15.0 Å². The topological polar surface area (TPSA) is 161 Å². The van der Waals surface area contributed by atoms with E-state index in [2.05, 4.69) is 34.5 Å². The van der Waals surface area contributed by atoms with Gasteiger partial charge in [-0.2, -0.15) is 4.31 Å². The molecule has 2 N–H and O–H groups in total. The summed E-state index contributed by atoms with van der Waals surface area (Å²) in [4.78, 5) is 26.5. The fraction of sp³-hybridized carbons (Fsp3) is 0.419. The molecule has 4 aromatic rings. The largest absolute Gasteiger partial charge is 0.443 e. The average Bonchev–Trinajstić information content (AvgIpc) is 3.83. The summed E-state index contributed by atoms with van der Waals surface area (Å²) in [5.41, 5.74) is 2.10. The first-order chi connectivity index (χ1) is 27.4. The third kappa shape index (κ3) is 11.7. The summed E-state index contributed by atoms with van der Waals surface area (Å²) >= 11 is 0. The fourth-order valence-electron chi connectivity index (χ4n) is 7.43. The van der Waals surface area contributed by atoms with Crippen LogP contribution < -0.4 is 5.32 Å². The highest BCUT2D eigenvalue weighted by Gasteiger charge is 2.44. The predicted molar refractivity (Wildman–Crippen MR) is 214 cm³/mol. The van der Waals surface area contributed by atoms with Crippen LogP contribution in [-0.4, -0.2) is 91.1 Å². The van der Waals surface area contributed by atoms with E-state index < -0.39 is 57.5 Å². The zero-order valence-corrected chi connectivity index (χ0v) is 33.2. The molecule has 0 spiro atoms. The first kappa shape index (κ1) is 41.9. The van der Waals surface area contributed by atoms with Gasteiger partial charge in [0.05, 0.1) is 41.1 Å². The molecule has 4 aromatic carbocycles. The van der Waals surface area contributed by atoms with Crippen molar-refractivity contribution in [2.45, 2.75) is 75.6 Å². The van der Waals surface area contributed by atoms with E-state index in [9.17, 15) is 28.4 Å². The van der Waals surface area contributed by atoms with Crippen LogP contribution in [0.3, 0.4) is 0 Å². The monoisotopic (exact) mass is 800 g/mol. The van der Waals surface area contributed by atoms with E-state index in [0.29, 0.717) is 39.1 Å². The van der Waals surface area contributed by atoms with E-state index in [-0.39, 0.29) is 36.1 Å². The lowest BCUT2D eigenvalue weighted by molar-refractivity contribution is -0.385. The molecule has 2 fully saturated rings. The van der Waals surface area contributed by atoms with Crippen molar-refractivity contribution in [1.82, 2.24) is 14.5 Å². The normalized spacial score (nSPS) is 19.3. The molecule has 2 aliphatic heterocycles. The number of ether oxygens (including phenoxy) is 3. The van der Waals surface area contributed by atoms with Crippen molar-refractivity contribution in [2.24, 2.45) is 11.3 Å². The third-order valence-electron chi connectivity index (χ3n) is 10.6. The second-order valence-electron chi connectivity index (χ2n) is 15.6. The molecule has 2 saturated heterocycles. The molecule has 0 aromatic heterocycles. The number of sulfonamides is 1. The minimum atomic E-state index is -4.40. The third-order valence-corrected chi connectivity index (χ3v) is 12.4. The Kier molecular flexibility index (Phi) is 14.1. The molecule has 0 bridgehead atoms. The Balaban J connectivity index is 1.24. The van der Waals surface area contributed by atoms with Gasteiger partial charge in [-0.05, 0) is 54.0 Å². The van der Waals surface area contributed by atoms with E-state index in [0.717, 1.165) is 22.8 Å². The van der Waals surface area contributed by atoms with Gasteiger partial charge in [-0.25, -0.2) is 13.2 Å². The van der Waals surface area contributed by atoms with Gasteiger partial charge in [0, 0.05) is 38.3 Å². The lowest BCUT2D eigenvalue weighted by Crippen LogP contribution is -2.52. The summed E-state index contributed by atoms with van der Waals surface area (Å²) in [6, 6.07) is 33.5. The summed E-state index contributed by atoms with van der Waals surface area (Å²) in [6.45, 7) is 6.21. The number of rotatable bonds is 19. The Labute approximate surface area is 334 Å². The van der Waals surface area contributed by atoms with Gasteiger partial charge in [-0.1, -0.05) is 111 Å². The highest BCUT2D eigenvalue weighted by Crippen LogP contribution is 2.33. The standard InChI is InChI=1S/C43H52N4O9S/c1-43(2,22-23-45(27-33-15-8-4-9-16-33)28-34-17-10-5-11-18-34)31-46(57(52,53)36-20-12-19-35(26-36)47(50)51)29-39(48)38(25-32-13-6-3-7-14-32)44-42(49)56-40-30-55-41-37(40)21-24-54-41/h3-20,26,37-41,48H,21-25,27-31H2,1-2H3,(H,44,49)/t37-,38-,39-,40-,41+/m0/s1. The van der Waals surface area contributed by atoms with Crippen molar-refractivity contribution >= 4 is 21.8 Å². The minimum Gasteiger partial charge on any atom is -0.443 e. The second-order valence-corrected chi connectivity index (χ2v) is 17.6. The van der Waals surface area contributed by atoms with Crippen molar-refractivity contribution in [3.8, 4) is 0 Å². The number of benzene rings is 4. The molecule has 2 heterocycles. The number of carbonyl (C=O) groups is 1. The Morgan fingerprint density at radius 2 is 1.54 bits per heavy atom. The lowest BCUT2D eigenvalue weighted by Gasteiger charge is -2.36. The predicted octanol–water partition coefficient (Wildman–Crippen LogP) is 6.16. The van der Waals surface area contributed by atoms with Crippen LogP contribution in [0.5, 0.6) is 0 Å². The Bertz CT molecular complexity index is 1980. The number of nitro groups is 1. The van der Waals surface area contributed by atoms with E-state index in [4.69, 9.17) is 14.2 Å². The van der Waals surface area contributed by atoms with Crippen molar-refractivity contribution < 1.29 is 37.5 Å². The maximum absolute atomic E-state index is 14.5. The number of aliphatic hydroxyl groups is 1. The number of nitrogens with one attached hydrogen (secondary N) is 1. The Morgan fingerprint density at radius 3 is 2.16 bits per heavy atom. The Hall–Kier alpha value is -4.70. The summed E-state index contributed by atoms with van der Waals surface area (Å²) in [6.07, 6.45) is -1.67. The molecule has 6 rings (SSSR count). The zero-order valence-electron chi connectivity index (χ0n) is 32.4. The van der Waals surface area contributed by atoms with Crippen LogP contribution >= 0.6 is 0 Å². The second kappa shape index (κ2) is 19.2. The van der Waals surface area contributed by atoms with Gasteiger partial charge >= 0.3 is 6.09 Å². The van der Waals surface area contributed by atoms with Crippen LogP contribution in [0.25, 0.3) is 0 Å². The molecular formula is C43H52N4O9S. The van der Waals surface area contributed by atoms with Crippen LogP contribution in [-0.2, 0) is 43.7 Å². The number of non-ortho nitro benzene ring substituents is 1. The maximum Gasteiger partial charge on any atom is 0.407 e. The van der Waals surface area contributed by atoms with E-state index in [1.165, 1.54) is 22.5 Å². The number of nitro benzene ring substituents is 1. The minimum absolute atomic E-state index is 0.0232. The van der Waals surface area contributed by atoms with Gasteiger partial charge < -0.3 is 24.6 Å². The number of amides is 1. The van der Waals surface area contributed by atoms with Crippen LogP contribution in [0.4, 0.5) is 10.5 Å². The zero-order chi connectivity index (χ0) is 40.4. The molecule has 0 aliphatic carbocycles. The number of hydrogen-bond donors (Lipinski definition) is 2. The summed E-state index contributed by atoms with van der Waals surface area (Å²) in [7, 11) is -4.40. The molecule has 13 nitrogen and oxygen atoms in total. The van der Waals surface area contributed by atoms with E-state index in [1.807, 2.05) is 80.6 Å². The SMILES string of the molecule is CC(C)(CCN(Cc1ccccc1)Cc1ccccc1)CN(C[C@H](O)[C@H](Cc1ccccc1)NC(=O)O[C@H]1CO[C@H]2OCC[C@H]21)S(=O)(=O)c1cccc([N+](=O)[O-])c1. The van der Waals surface area contributed by atoms with Gasteiger partial charge in [0.1, 0.15) is 6.10 Å². The molecule has 0 unspecified atom stereocenters. The molecule has 14 heteroatoms. The molecule has 1 amide bonds. The molecular weight excluding hydrogens is 749 g/mol. The van der Waals surface area contributed by atoms with Crippen molar-refractivity contribution in [2.75, 3.05) is 32.8 Å². The molecule has 0 radical (unpaired) electrons.